The van der Waals surface area contributed by atoms with Gasteiger partial charge in [0.15, 0.2) is 11.5 Å². The molecule has 0 unspecified atom stereocenters. The maximum Gasteiger partial charge on any atom is 0.244 e. The zero-order chi connectivity index (χ0) is 27.4. The smallest absolute Gasteiger partial charge is 0.244 e. The molecule has 0 spiro atoms. The van der Waals surface area contributed by atoms with Gasteiger partial charge in [-0.1, -0.05) is 36.8 Å². The number of fused-ring (bicyclic) bond motifs is 1. The first-order valence-corrected chi connectivity index (χ1v) is 14.0. The summed E-state index contributed by atoms with van der Waals surface area (Å²) in [5.41, 5.74) is 1.67. The number of carbonyl (C=O) groups is 2. The lowest BCUT2D eigenvalue weighted by Gasteiger charge is -2.34. The van der Waals surface area contributed by atoms with Crippen LogP contribution in [0.3, 0.4) is 0 Å². The monoisotopic (exact) mass is 531 g/mol. The summed E-state index contributed by atoms with van der Waals surface area (Å²) in [4.78, 5) is 28.6. The van der Waals surface area contributed by atoms with Crippen LogP contribution >= 0.6 is 0 Å². The van der Waals surface area contributed by atoms with E-state index in [1.165, 1.54) is 11.8 Å². The fourth-order valence-corrected chi connectivity index (χ4v) is 5.19. The molecule has 2 aromatic carbocycles. The fourth-order valence-electron chi connectivity index (χ4n) is 4.14. The van der Waals surface area contributed by atoms with Crippen molar-refractivity contribution in [2.24, 2.45) is 0 Å². The molecule has 0 fully saturated rings. The highest BCUT2D eigenvalue weighted by atomic mass is 32.2. The van der Waals surface area contributed by atoms with Crippen LogP contribution in [0.15, 0.2) is 42.5 Å². The lowest BCUT2D eigenvalue weighted by atomic mass is 10.0. The molecule has 37 heavy (non-hydrogen) atoms. The third-order valence-corrected chi connectivity index (χ3v) is 7.68. The van der Waals surface area contributed by atoms with Gasteiger partial charge in [-0.3, -0.25) is 13.9 Å². The van der Waals surface area contributed by atoms with Gasteiger partial charge in [0.1, 0.15) is 12.6 Å². The van der Waals surface area contributed by atoms with Crippen molar-refractivity contribution in [1.82, 2.24) is 10.2 Å². The molecule has 9 nitrogen and oxygen atoms in total. The minimum Gasteiger partial charge on any atom is -0.454 e. The van der Waals surface area contributed by atoms with E-state index in [-0.39, 0.29) is 25.0 Å². The number of anilines is 1. The molecule has 3 rings (SSSR count). The standard InChI is InChI=1S/C27H37N3O6S/c1-7-22(26(32)28-27(4,5)6)29(16-20-11-9-10-19(3)14-20)25(31)17-30(37(33,34)8-2)21-12-13-23-24(15-21)36-18-35-23/h9-15,22H,7-8,16-18H2,1-6H3,(H,28,32)/t22-/m0/s1. The maximum atomic E-state index is 13.9. The highest BCUT2D eigenvalue weighted by Gasteiger charge is 2.34. The zero-order valence-corrected chi connectivity index (χ0v) is 23.2. The van der Waals surface area contributed by atoms with Crippen molar-refractivity contribution >= 4 is 27.5 Å². The van der Waals surface area contributed by atoms with Gasteiger partial charge in [-0.25, -0.2) is 8.42 Å². The molecule has 0 aromatic heterocycles. The second-order valence-corrected chi connectivity index (χ2v) is 12.3. The number of amides is 2. The van der Waals surface area contributed by atoms with Gasteiger partial charge in [0.05, 0.1) is 11.4 Å². The van der Waals surface area contributed by atoms with Crippen molar-refractivity contribution in [3.63, 3.8) is 0 Å². The SMILES string of the molecule is CC[C@@H](C(=O)NC(C)(C)C)N(Cc1cccc(C)c1)C(=O)CN(c1ccc2c(c1)OCO2)S(=O)(=O)CC. The number of benzene rings is 2. The Hall–Kier alpha value is -3.27. The van der Waals surface area contributed by atoms with Crippen molar-refractivity contribution in [1.29, 1.82) is 0 Å². The minimum atomic E-state index is -3.83. The van der Waals surface area contributed by atoms with Crippen LogP contribution in [0.25, 0.3) is 0 Å². The molecule has 1 heterocycles. The Morgan fingerprint density at radius 3 is 2.38 bits per heavy atom. The first-order chi connectivity index (χ1) is 17.3. The molecule has 0 bridgehead atoms. The Kier molecular flexibility index (Phi) is 8.73. The van der Waals surface area contributed by atoms with E-state index in [0.717, 1.165) is 15.4 Å². The van der Waals surface area contributed by atoms with Crippen LogP contribution in [0.5, 0.6) is 11.5 Å². The van der Waals surface area contributed by atoms with Gasteiger partial charge in [-0.15, -0.1) is 0 Å². The number of ether oxygens (including phenoxy) is 2. The van der Waals surface area contributed by atoms with E-state index in [1.54, 1.807) is 18.2 Å². The quantitative estimate of drug-likeness (QED) is 0.502. The predicted octanol–water partition coefficient (Wildman–Crippen LogP) is 3.60. The Bertz CT molecular complexity index is 1240. The molecular weight excluding hydrogens is 494 g/mol. The van der Waals surface area contributed by atoms with Crippen LogP contribution in [0.4, 0.5) is 5.69 Å². The van der Waals surface area contributed by atoms with Crippen molar-refractivity contribution in [3.05, 3.63) is 53.6 Å². The van der Waals surface area contributed by atoms with Gasteiger partial charge in [0.25, 0.3) is 0 Å². The number of sulfonamides is 1. The van der Waals surface area contributed by atoms with Crippen LogP contribution in [0.2, 0.25) is 0 Å². The van der Waals surface area contributed by atoms with Gasteiger partial charge >= 0.3 is 0 Å². The van der Waals surface area contributed by atoms with E-state index in [2.05, 4.69) is 5.32 Å². The third-order valence-electron chi connectivity index (χ3n) is 5.94. The summed E-state index contributed by atoms with van der Waals surface area (Å²) >= 11 is 0. The Labute approximate surface area is 219 Å². The van der Waals surface area contributed by atoms with Crippen LogP contribution in [0.1, 0.15) is 52.2 Å². The normalized spacial score (nSPS) is 13.7. The summed E-state index contributed by atoms with van der Waals surface area (Å²) in [6.07, 6.45) is 0.365. The average molecular weight is 532 g/mol. The van der Waals surface area contributed by atoms with Gasteiger partial charge in [-0.05, 0) is 58.7 Å². The summed E-state index contributed by atoms with van der Waals surface area (Å²) in [6.45, 7) is 10.7. The highest BCUT2D eigenvalue weighted by Crippen LogP contribution is 2.36. The summed E-state index contributed by atoms with van der Waals surface area (Å²) in [5, 5.41) is 2.96. The second-order valence-electron chi connectivity index (χ2n) is 10.1. The van der Waals surface area contributed by atoms with E-state index < -0.39 is 34.1 Å². The Morgan fingerprint density at radius 2 is 1.76 bits per heavy atom. The number of aryl methyl sites for hydroxylation is 1. The average Bonchev–Trinajstić information content (AvgIpc) is 3.29. The summed E-state index contributed by atoms with van der Waals surface area (Å²) in [7, 11) is -3.83. The molecule has 1 aliphatic rings. The van der Waals surface area contributed by atoms with Crippen LogP contribution in [0, 0.1) is 6.92 Å². The lowest BCUT2D eigenvalue weighted by Crippen LogP contribution is -2.55. The first-order valence-electron chi connectivity index (χ1n) is 12.4. The molecule has 0 saturated heterocycles. The van der Waals surface area contributed by atoms with E-state index in [0.29, 0.717) is 23.6 Å². The molecule has 10 heteroatoms. The van der Waals surface area contributed by atoms with Gasteiger partial charge in [-0.2, -0.15) is 0 Å². The number of hydrogen-bond donors (Lipinski definition) is 1. The van der Waals surface area contributed by atoms with Gasteiger partial charge < -0.3 is 19.7 Å². The lowest BCUT2D eigenvalue weighted by molar-refractivity contribution is -0.141. The van der Waals surface area contributed by atoms with Crippen molar-refractivity contribution in [2.45, 2.75) is 66.1 Å². The fraction of sp³-hybridized carbons (Fsp3) is 0.481. The number of hydrogen-bond acceptors (Lipinski definition) is 6. The number of rotatable bonds is 10. The largest absolute Gasteiger partial charge is 0.454 e. The summed E-state index contributed by atoms with van der Waals surface area (Å²) in [5.74, 6) is -0.0474. The molecule has 1 N–H and O–H groups in total. The molecule has 1 aliphatic heterocycles. The highest BCUT2D eigenvalue weighted by molar-refractivity contribution is 7.92. The van der Waals surface area contributed by atoms with Crippen molar-refractivity contribution in [3.8, 4) is 11.5 Å². The molecule has 202 valence electrons. The topological polar surface area (TPSA) is 105 Å². The molecular formula is C27H37N3O6S. The number of nitrogens with zero attached hydrogens (tertiary/aromatic N) is 2. The zero-order valence-electron chi connectivity index (χ0n) is 22.4. The van der Waals surface area contributed by atoms with Crippen LogP contribution in [-0.2, 0) is 26.2 Å². The second kappa shape index (κ2) is 11.4. The third kappa shape index (κ3) is 7.15. The first kappa shape index (κ1) is 28.3. The van der Waals surface area contributed by atoms with Crippen molar-refractivity contribution < 1.29 is 27.5 Å². The molecule has 1 atom stereocenters. The van der Waals surface area contributed by atoms with E-state index in [1.807, 2.05) is 58.9 Å². The van der Waals surface area contributed by atoms with E-state index >= 15 is 0 Å². The molecule has 2 amide bonds. The molecule has 0 radical (unpaired) electrons. The molecule has 0 saturated carbocycles. The minimum absolute atomic E-state index is 0.0452. The van der Waals surface area contributed by atoms with Crippen LogP contribution in [-0.4, -0.2) is 55.8 Å². The van der Waals surface area contributed by atoms with Gasteiger partial charge in [0, 0.05) is 18.2 Å². The van der Waals surface area contributed by atoms with Crippen LogP contribution < -0.4 is 19.1 Å². The molecule has 2 aromatic rings. The van der Waals surface area contributed by atoms with Gasteiger partial charge in [0.2, 0.25) is 28.6 Å². The van der Waals surface area contributed by atoms with Crippen molar-refractivity contribution in [2.75, 3.05) is 23.4 Å². The predicted molar refractivity (Wildman–Crippen MR) is 143 cm³/mol. The molecule has 0 aliphatic carbocycles. The maximum absolute atomic E-state index is 13.9. The summed E-state index contributed by atoms with van der Waals surface area (Å²) < 4.78 is 38.1. The number of carbonyl (C=O) groups excluding carboxylic acids is 2. The van der Waals surface area contributed by atoms with E-state index in [9.17, 15) is 18.0 Å². The number of nitrogens with one attached hydrogen (secondary N) is 1. The van der Waals surface area contributed by atoms with E-state index in [4.69, 9.17) is 9.47 Å². The Balaban J connectivity index is 1.99. The Morgan fingerprint density at radius 1 is 1.05 bits per heavy atom. The summed E-state index contributed by atoms with van der Waals surface area (Å²) in [6, 6.07) is 11.7.